The fourth-order valence-corrected chi connectivity index (χ4v) is 6.60. The van der Waals surface area contributed by atoms with Crippen molar-refractivity contribution in [3.8, 4) is 11.1 Å². The molecule has 202 valence electrons. The Kier molecular flexibility index (Phi) is 7.33. The first kappa shape index (κ1) is 26.3. The molecule has 2 aliphatic rings. The minimum absolute atomic E-state index is 0.181. The summed E-state index contributed by atoms with van der Waals surface area (Å²) in [5.74, 6) is 1.39. The molecule has 2 saturated heterocycles. The third-order valence-electron chi connectivity index (χ3n) is 8.04. The normalized spacial score (nSPS) is 19.7. The van der Waals surface area contributed by atoms with Crippen molar-refractivity contribution in [2.24, 2.45) is 0 Å². The lowest BCUT2D eigenvalue weighted by Gasteiger charge is -2.16. The Morgan fingerprint density at radius 2 is 1.82 bits per heavy atom. The van der Waals surface area contributed by atoms with Crippen LogP contribution in [0, 0.1) is 0 Å². The van der Waals surface area contributed by atoms with Gasteiger partial charge in [-0.3, -0.25) is 9.36 Å². The molecule has 0 bridgehead atoms. The maximum absolute atomic E-state index is 13.7. The van der Waals surface area contributed by atoms with Crippen molar-refractivity contribution in [2.45, 2.75) is 38.1 Å². The highest BCUT2D eigenvalue weighted by atomic mass is 35.5. The second kappa shape index (κ2) is 10.9. The highest BCUT2D eigenvalue weighted by Gasteiger charge is 2.23. The molecule has 2 N–H and O–H groups in total. The van der Waals surface area contributed by atoms with E-state index in [1.807, 2.05) is 19.1 Å². The van der Waals surface area contributed by atoms with Crippen LogP contribution in [0.1, 0.15) is 42.7 Å². The van der Waals surface area contributed by atoms with Crippen LogP contribution in [-0.2, 0) is 6.54 Å². The summed E-state index contributed by atoms with van der Waals surface area (Å²) in [4.78, 5) is 25.3. The number of benzene rings is 2. The molecule has 4 heterocycles. The summed E-state index contributed by atoms with van der Waals surface area (Å²) in [7, 11) is 2.17. The molecule has 0 radical (unpaired) electrons. The van der Waals surface area contributed by atoms with E-state index < -0.39 is 0 Å². The van der Waals surface area contributed by atoms with Crippen LogP contribution in [0.15, 0.2) is 53.5 Å². The van der Waals surface area contributed by atoms with Gasteiger partial charge in [0.05, 0.1) is 15.6 Å². The Hall–Kier alpha value is -2.97. The van der Waals surface area contributed by atoms with Crippen molar-refractivity contribution < 1.29 is 0 Å². The zero-order chi connectivity index (χ0) is 27.1. The van der Waals surface area contributed by atoms with E-state index in [1.165, 1.54) is 12.0 Å². The van der Waals surface area contributed by atoms with Crippen LogP contribution in [0.2, 0.25) is 10.0 Å². The molecule has 2 aromatic carbocycles. The van der Waals surface area contributed by atoms with Crippen molar-refractivity contribution in [2.75, 3.05) is 38.5 Å². The van der Waals surface area contributed by atoms with E-state index in [0.717, 1.165) is 49.2 Å². The summed E-state index contributed by atoms with van der Waals surface area (Å²) in [5.41, 5.74) is 4.74. The predicted octanol–water partition coefficient (Wildman–Crippen LogP) is 6.02. The molecule has 0 amide bonds. The van der Waals surface area contributed by atoms with E-state index in [2.05, 4.69) is 51.8 Å². The standard InChI is InChI=1S/C30H32Cl2N6O/c1-3-38-28-22(12-24(29(38)39)27-25(31)13-21(14-26(27)32)19-8-10-33-15-19)16-34-30(36-28)35-23-6-4-18(5-7-23)20-9-11-37(2)17-20/h4-7,12-14,16,19-20,33H,3,8-11,15,17H2,1-2H3,(H,34,35,36). The maximum atomic E-state index is 13.7. The summed E-state index contributed by atoms with van der Waals surface area (Å²) in [6.07, 6.45) is 3.97. The Bertz CT molecular complexity index is 1560. The fraction of sp³-hybridized carbons (Fsp3) is 0.367. The van der Waals surface area contributed by atoms with Gasteiger partial charge in [0.15, 0.2) is 0 Å². The Morgan fingerprint density at radius 1 is 1.05 bits per heavy atom. The summed E-state index contributed by atoms with van der Waals surface area (Å²) in [6.45, 7) is 6.49. The average Bonchev–Trinajstić information content (AvgIpc) is 3.62. The molecule has 2 fully saturated rings. The van der Waals surface area contributed by atoms with Gasteiger partial charge in [0.25, 0.3) is 5.56 Å². The number of hydrogen-bond acceptors (Lipinski definition) is 6. The van der Waals surface area contributed by atoms with Crippen molar-refractivity contribution in [1.29, 1.82) is 0 Å². The van der Waals surface area contributed by atoms with Gasteiger partial charge in [-0.1, -0.05) is 35.3 Å². The molecule has 4 aromatic rings. The van der Waals surface area contributed by atoms with Gasteiger partial charge in [0.2, 0.25) is 5.95 Å². The van der Waals surface area contributed by atoms with Gasteiger partial charge in [-0.2, -0.15) is 4.98 Å². The number of anilines is 2. The monoisotopic (exact) mass is 562 g/mol. The first-order valence-corrected chi connectivity index (χ1v) is 14.3. The lowest BCUT2D eigenvalue weighted by molar-refractivity contribution is 0.411. The van der Waals surface area contributed by atoms with Crippen LogP contribution in [0.25, 0.3) is 22.2 Å². The number of hydrogen-bond donors (Lipinski definition) is 2. The number of rotatable bonds is 6. The molecular formula is C30H32Cl2N6O. The number of fused-ring (bicyclic) bond motifs is 1. The van der Waals surface area contributed by atoms with Gasteiger partial charge in [-0.15, -0.1) is 0 Å². The predicted molar refractivity (Wildman–Crippen MR) is 160 cm³/mol. The molecule has 0 spiro atoms. The fourth-order valence-electron chi connectivity index (χ4n) is 5.89. The molecule has 0 saturated carbocycles. The molecule has 9 heteroatoms. The van der Waals surface area contributed by atoms with E-state index in [9.17, 15) is 4.79 Å². The lowest BCUT2D eigenvalue weighted by atomic mass is 9.95. The number of pyridine rings is 1. The van der Waals surface area contributed by atoms with Gasteiger partial charge >= 0.3 is 0 Å². The van der Waals surface area contributed by atoms with Crippen LogP contribution in [0.4, 0.5) is 11.6 Å². The SMILES string of the molecule is CCn1c(=O)c(-c2c(Cl)cc(C3CCNC3)cc2Cl)cc2cnc(Nc3ccc(C4CCN(C)C4)cc3)nc21. The third-order valence-corrected chi connectivity index (χ3v) is 8.63. The largest absolute Gasteiger partial charge is 0.324 e. The zero-order valence-electron chi connectivity index (χ0n) is 22.2. The number of aromatic nitrogens is 3. The Morgan fingerprint density at radius 3 is 2.46 bits per heavy atom. The summed E-state index contributed by atoms with van der Waals surface area (Å²) >= 11 is 13.5. The highest BCUT2D eigenvalue weighted by Crippen LogP contribution is 2.38. The molecule has 2 aromatic heterocycles. The third kappa shape index (κ3) is 5.16. The van der Waals surface area contributed by atoms with E-state index in [0.29, 0.717) is 51.1 Å². The number of aryl methyl sites for hydroxylation is 1. The van der Waals surface area contributed by atoms with Crippen molar-refractivity contribution in [3.63, 3.8) is 0 Å². The lowest BCUT2D eigenvalue weighted by Crippen LogP contribution is -2.22. The molecule has 39 heavy (non-hydrogen) atoms. The molecule has 2 unspecified atom stereocenters. The number of halogens is 2. The van der Waals surface area contributed by atoms with E-state index >= 15 is 0 Å². The first-order valence-electron chi connectivity index (χ1n) is 13.6. The second-order valence-electron chi connectivity index (χ2n) is 10.6. The topological polar surface area (TPSA) is 75.1 Å². The first-order chi connectivity index (χ1) is 18.9. The summed E-state index contributed by atoms with van der Waals surface area (Å²) in [6, 6.07) is 14.1. The molecular weight excluding hydrogens is 531 g/mol. The second-order valence-corrected chi connectivity index (χ2v) is 11.4. The van der Waals surface area contributed by atoms with Crippen LogP contribution in [0.3, 0.4) is 0 Å². The van der Waals surface area contributed by atoms with Gasteiger partial charge in [0, 0.05) is 42.5 Å². The number of likely N-dealkylation sites (tertiary alicyclic amines) is 1. The van der Waals surface area contributed by atoms with E-state index in [1.54, 1.807) is 16.8 Å². The van der Waals surface area contributed by atoms with Crippen LogP contribution in [0.5, 0.6) is 0 Å². The van der Waals surface area contributed by atoms with E-state index in [-0.39, 0.29) is 5.56 Å². The Balaban J connectivity index is 1.32. The quantitative estimate of drug-likeness (QED) is 0.299. The number of nitrogens with one attached hydrogen (secondary N) is 2. The van der Waals surface area contributed by atoms with Gasteiger partial charge in [-0.25, -0.2) is 4.98 Å². The highest BCUT2D eigenvalue weighted by molar-refractivity contribution is 6.39. The van der Waals surface area contributed by atoms with Gasteiger partial charge < -0.3 is 15.5 Å². The molecule has 2 aliphatic heterocycles. The molecule has 2 atom stereocenters. The van der Waals surface area contributed by atoms with Gasteiger partial charge in [-0.05, 0) is 93.2 Å². The minimum atomic E-state index is -0.181. The molecule has 0 aliphatic carbocycles. The summed E-state index contributed by atoms with van der Waals surface area (Å²) < 4.78 is 1.65. The average molecular weight is 564 g/mol. The van der Waals surface area contributed by atoms with Crippen molar-refractivity contribution >= 4 is 45.9 Å². The summed E-state index contributed by atoms with van der Waals surface area (Å²) in [5, 5.41) is 8.38. The number of likely N-dealkylation sites (N-methyl/N-ethyl adjacent to an activating group) is 1. The van der Waals surface area contributed by atoms with E-state index in [4.69, 9.17) is 28.2 Å². The van der Waals surface area contributed by atoms with Crippen molar-refractivity contribution in [1.82, 2.24) is 24.8 Å². The number of nitrogens with zero attached hydrogens (tertiary/aromatic N) is 4. The Labute approximate surface area is 238 Å². The smallest absolute Gasteiger partial charge is 0.260 e. The molecule has 7 nitrogen and oxygen atoms in total. The van der Waals surface area contributed by atoms with Crippen LogP contribution >= 0.6 is 23.2 Å². The minimum Gasteiger partial charge on any atom is -0.324 e. The maximum Gasteiger partial charge on any atom is 0.260 e. The van der Waals surface area contributed by atoms with Crippen LogP contribution < -0.4 is 16.2 Å². The van der Waals surface area contributed by atoms with Crippen LogP contribution in [-0.4, -0.2) is 52.7 Å². The van der Waals surface area contributed by atoms with Crippen molar-refractivity contribution in [3.05, 3.63) is 80.2 Å². The zero-order valence-corrected chi connectivity index (χ0v) is 23.7. The van der Waals surface area contributed by atoms with Gasteiger partial charge in [0.1, 0.15) is 5.65 Å². The molecule has 6 rings (SSSR count).